The number of nitrogens with two attached hydrogens (primary N) is 2. The van der Waals surface area contributed by atoms with E-state index in [0.717, 1.165) is 0 Å². The zero-order valence-electron chi connectivity index (χ0n) is 8.03. The zero-order valence-corrected chi connectivity index (χ0v) is 8.03. The number of hydrogen-bond donors (Lipinski definition) is 3. The molecule has 0 aromatic heterocycles. The molecule has 0 bridgehead atoms. The van der Waals surface area contributed by atoms with Gasteiger partial charge < -0.3 is 16.6 Å². The molecule has 0 amide bonds. The minimum atomic E-state index is -0.836. The van der Waals surface area contributed by atoms with Crippen molar-refractivity contribution in [2.45, 2.75) is 19.3 Å². The average molecular weight is 194 g/mol. The highest BCUT2D eigenvalue weighted by molar-refractivity contribution is 5.77. The van der Waals surface area contributed by atoms with Gasteiger partial charge in [-0.15, -0.1) is 0 Å². The van der Waals surface area contributed by atoms with Crippen LogP contribution < -0.4 is 11.5 Å². The minimum absolute atomic E-state index is 0.433. The largest absolute Gasteiger partial charge is 0.481 e. The smallest absolute Gasteiger partial charge is 0.310 e. The van der Waals surface area contributed by atoms with E-state index in [1.54, 1.807) is 18.2 Å². The fourth-order valence-corrected chi connectivity index (χ4v) is 1.36. The molecule has 4 heteroatoms. The van der Waals surface area contributed by atoms with E-state index >= 15 is 0 Å². The van der Waals surface area contributed by atoms with E-state index in [1.807, 2.05) is 6.92 Å². The van der Waals surface area contributed by atoms with E-state index in [2.05, 4.69) is 0 Å². The molecule has 1 aromatic rings. The molecule has 0 fully saturated rings. The summed E-state index contributed by atoms with van der Waals surface area (Å²) in [6, 6.07) is 4.96. The van der Waals surface area contributed by atoms with E-state index in [4.69, 9.17) is 16.6 Å². The predicted octanol–water partition coefficient (Wildman–Crippen LogP) is 1.43. The lowest BCUT2D eigenvalue weighted by atomic mass is 9.96. The van der Waals surface area contributed by atoms with Crippen LogP contribution in [-0.4, -0.2) is 11.1 Å². The van der Waals surface area contributed by atoms with Gasteiger partial charge in [0, 0.05) is 0 Å². The summed E-state index contributed by atoms with van der Waals surface area (Å²) >= 11 is 0. The van der Waals surface area contributed by atoms with Gasteiger partial charge in [0.1, 0.15) is 0 Å². The highest BCUT2D eigenvalue weighted by atomic mass is 16.4. The first-order chi connectivity index (χ1) is 6.56. The number of carboxylic acid groups (broad SMARTS) is 1. The van der Waals surface area contributed by atoms with Crippen LogP contribution in [0.3, 0.4) is 0 Å². The van der Waals surface area contributed by atoms with E-state index in [-0.39, 0.29) is 0 Å². The first-order valence-electron chi connectivity index (χ1n) is 4.44. The monoisotopic (exact) mass is 194 g/mol. The highest BCUT2D eigenvalue weighted by Crippen LogP contribution is 2.24. The fourth-order valence-electron chi connectivity index (χ4n) is 1.36. The summed E-state index contributed by atoms with van der Waals surface area (Å²) < 4.78 is 0. The molecule has 1 atom stereocenters. The van der Waals surface area contributed by atoms with Gasteiger partial charge in [-0.3, -0.25) is 4.79 Å². The van der Waals surface area contributed by atoms with Gasteiger partial charge in [-0.1, -0.05) is 13.0 Å². The van der Waals surface area contributed by atoms with Crippen molar-refractivity contribution in [3.63, 3.8) is 0 Å². The van der Waals surface area contributed by atoms with Gasteiger partial charge in [-0.2, -0.15) is 0 Å². The summed E-state index contributed by atoms with van der Waals surface area (Å²) in [5.41, 5.74) is 12.7. The molecular formula is C10H14N2O2. The van der Waals surface area contributed by atoms with Crippen molar-refractivity contribution in [2.24, 2.45) is 0 Å². The van der Waals surface area contributed by atoms with Crippen LogP contribution in [0.5, 0.6) is 0 Å². The maximum Gasteiger partial charge on any atom is 0.310 e. The molecule has 1 aromatic carbocycles. The van der Waals surface area contributed by atoms with Gasteiger partial charge in [-0.25, -0.2) is 0 Å². The molecule has 0 radical (unpaired) electrons. The quantitative estimate of drug-likeness (QED) is 0.635. The van der Waals surface area contributed by atoms with E-state index in [9.17, 15) is 4.79 Å². The van der Waals surface area contributed by atoms with Crippen molar-refractivity contribution in [1.82, 2.24) is 0 Å². The number of carbonyl (C=O) groups is 1. The Bertz CT molecular complexity index is 350. The lowest BCUT2D eigenvalue weighted by molar-refractivity contribution is -0.138. The second kappa shape index (κ2) is 4.00. The van der Waals surface area contributed by atoms with Crippen molar-refractivity contribution < 1.29 is 9.90 Å². The molecule has 0 saturated carbocycles. The van der Waals surface area contributed by atoms with Crippen molar-refractivity contribution in [3.8, 4) is 0 Å². The molecule has 4 nitrogen and oxygen atoms in total. The number of aliphatic carboxylic acids is 1. The van der Waals surface area contributed by atoms with Gasteiger partial charge in [-0.05, 0) is 24.1 Å². The van der Waals surface area contributed by atoms with Gasteiger partial charge in [0.05, 0.1) is 17.3 Å². The van der Waals surface area contributed by atoms with Gasteiger partial charge >= 0.3 is 5.97 Å². The molecule has 5 N–H and O–H groups in total. The highest BCUT2D eigenvalue weighted by Gasteiger charge is 2.17. The van der Waals surface area contributed by atoms with Gasteiger partial charge in [0.2, 0.25) is 0 Å². The topological polar surface area (TPSA) is 89.3 Å². The van der Waals surface area contributed by atoms with Crippen LogP contribution >= 0.6 is 0 Å². The normalized spacial score (nSPS) is 12.4. The molecule has 1 unspecified atom stereocenters. The lowest BCUT2D eigenvalue weighted by Crippen LogP contribution is -2.11. The molecule has 0 heterocycles. The second-order valence-electron chi connectivity index (χ2n) is 3.19. The van der Waals surface area contributed by atoms with E-state index in [1.165, 1.54) is 0 Å². The molecule has 0 aliphatic heterocycles. The maximum atomic E-state index is 10.9. The minimum Gasteiger partial charge on any atom is -0.481 e. The molecule has 0 spiro atoms. The third-order valence-electron chi connectivity index (χ3n) is 2.22. The summed E-state index contributed by atoms with van der Waals surface area (Å²) in [7, 11) is 0. The van der Waals surface area contributed by atoms with Crippen LogP contribution in [0.1, 0.15) is 24.8 Å². The molecule has 0 aliphatic rings. The van der Waals surface area contributed by atoms with Crippen LogP contribution in [0.4, 0.5) is 11.4 Å². The van der Waals surface area contributed by atoms with Crippen LogP contribution in [-0.2, 0) is 4.79 Å². The third kappa shape index (κ3) is 1.96. The SMILES string of the molecule is CCC(C(=O)O)c1ccc(N)c(N)c1. The summed E-state index contributed by atoms with van der Waals surface area (Å²) in [6.45, 7) is 1.82. The van der Waals surface area contributed by atoms with Gasteiger partial charge in [0.15, 0.2) is 0 Å². The maximum absolute atomic E-state index is 10.9. The van der Waals surface area contributed by atoms with Gasteiger partial charge in [0.25, 0.3) is 0 Å². The Kier molecular flexibility index (Phi) is 2.96. The number of rotatable bonds is 3. The summed E-state index contributed by atoms with van der Waals surface area (Å²) in [5.74, 6) is -1.34. The number of anilines is 2. The summed E-state index contributed by atoms with van der Waals surface area (Å²) in [6.07, 6.45) is 0.540. The van der Waals surface area contributed by atoms with Crippen molar-refractivity contribution in [2.75, 3.05) is 11.5 Å². The average Bonchev–Trinajstić information content (AvgIpc) is 2.11. The Morgan fingerprint density at radius 2 is 2.07 bits per heavy atom. The number of hydrogen-bond acceptors (Lipinski definition) is 3. The summed E-state index contributed by atoms with van der Waals surface area (Å²) in [4.78, 5) is 10.9. The lowest BCUT2D eigenvalue weighted by Gasteiger charge is -2.11. The fraction of sp³-hybridized carbons (Fsp3) is 0.300. The van der Waals surface area contributed by atoms with Crippen LogP contribution in [0.25, 0.3) is 0 Å². The first-order valence-corrected chi connectivity index (χ1v) is 4.44. The van der Waals surface area contributed by atoms with E-state index in [0.29, 0.717) is 23.4 Å². The van der Waals surface area contributed by atoms with Crippen molar-refractivity contribution in [1.29, 1.82) is 0 Å². The first kappa shape index (κ1) is 10.4. The standard InChI is InChI=1S/C10H14N2O2/c1-2-7(10(13)14)6-3-4-8(11)9(12)5-6/h3-5,7H,2,11-12H2,1H3,(H,13,14). The molecule has 14 heavy (non-hydrogen) atoms. The number of nitrogen functional groups attached to an aromatic ring is 2. The molecule has 0 saturated heterocycles. The van der Waals surface area contributed by atoms with Crippen molar-refractivity contribution in [3.05, 3.63) is 23.8 Å². The van der Waals surface area contributed by atoms with E-state index < -0.39 is 11.9 Å². The summed E-state index contributed by atoms with van der Waals surface area (Å²) in [5, 5.41) is 8.91. The number of carboxylic acids is 1. The molecular weight excluding hydrogens is 180 g/mol. The van der Waals surface area contributed by atoms with Crippen molar-refractivity contribution >= 4 is 17.3 Å². The van der Waals surface area contributed by atoms with Crippen LogP contribution in [0.2, 0.25) is 0 Å². The number of benzene rings is 1. The Morgan fingerprint density at radius 1 is 1.43 bits per heavy atom. The van der Waals surface area contributed by atoms with Crippen LogP contribution in [0, 0.1) is 0 Å². The molecule has 0 aliphatic carbocycles. The molecule has 76 valence electrons. The third-order valence-corrected chi connectivity index (χ3v) is 2.22. The second-order valence-corrected chi connectivity index (χ2v) is 3.19. The Morgan fingerprint density at radius 3 is 2.50 bits per heavy atom. The Hall–Kier alpha value is -1.71. The predicted molar refractivity (Wildman–Crippen MR) is 55.9 cm³/mol. The zero-order chi connectivity index (χ0) is 10.7. The Labute approximate surface area is 82.5 Å². The Balaban J connectivity index is 3.06. The van der Waals surface area contributed by atoms with Crippen LogP contribution in [0.15, 0.2) is 18.2 Å². The molecule has 1 rings (SSSR count).